The molecule has 0 radical (unpaired) electrons. The van der Waals surface area contributed by atoms with Gasteiger partial charge in [-0.2, -0.15) is 0 Å². The van der Waals surface area contributed by atoms with Gasteiger partial charge in [-0.1, -0.05) is 0 Å². The maximum atomic E-state index is 5.50. The number of rotatable bonds is 0. The lowest BCUT2D eigenvalue weighted by Gasteiger charge is -1.95. The average molecular weight is 272 g/mol. The largest absolute Gasteiger partial charge is 0.461 e. The van der Waals surface area contributed by atoms with Crippen molar-refractivity contribution in [3.8, 4) is 0 Å². The van der Waals surface area contributed by atoms with Gasteiger partial charge in [0.15, 0.2) is 0 Å². The molecule has 62 valence electrons. The van der Waals surface area contributed by atoms with Gasteiger partial charge in [-0.15, -0.1) is 0 Å². The van der Waals surface area contributed by atoms with Gasteiger partial charge in [0.25, 0.3) is 0 Å². The molecule has 0 aliphatic rings. The minimum atomic E-state index is 0.978. The second-order valence-corrected chi connectivity index (χ2v) is 4.16. The predicted molar refractivity (Wildman–Crippen MR) is 58.4 cm³/mol. The fraction of sp³-hybridized carbons (Fsp3) is 0.200. The van der Waals surface area contributed by atoms with Crippen LogP contribution in [0.5, 0.6) is 0 Å². The average Bonchev–Trinajstić information content (AvgIpc) is 2.30. The van der Waals surface area contributed by atoms with E-state index in [9.17, 15) is 0 Å². The minimum absolute atomic E-state index is 0.978. The molecule has 2 rings (SSSR count). The number of fused-ring (bicyclic) bond motifs is 1. The molecule has 1 nitrogen and oxygen atoms in total. The van der Waals surface area contributed by atoms with E-state index in [-0.39, 0.29) is 0 Å². The van der Waals surface area contributed by atoms with Crippen molar-refractivity contribution in [3.05, 3.63) is 33.1 Å². The molecule has 2 heteroatoms. The Hall–Kier alpha value is -0.510. The molecule has 2 aromatic rings. The van der Waals surface area contributed by atoms with Crippen LogP contribution >= 0.6 is 22.6 Å². The van der Waals surface area contributed by atoms with Gasteiger partial charge in [0, 0.05) is 8.96 Å². The van der Waals surface area contributed by atoms with Crippen LogP contribution in [-0.4, -0.2) is 0 Å². The van der Waals surface area contributed by atoms with E-state index in [0.29, 0.717) is 0 Å². The fourth-order valence-electron chi connectivity index (χ4n) is 1.31. The molecular formula is C10H9IO. The van der Waals surface area contributed by atoms with Crippen molar-refractivity contribution in [2.75, 3.05) is 0 Å². The Morgan fingerprint density at radius 2 is 1.92 bits per heavy atom. The zero-order valence-corrected chi connectivity index (χ0v) is 9.18. The lowest BCUT2D eigenvalue weighted by molar-refractivity contribution is 0.578. The third-order valence-corrected chi connectivity index (χ3v) is 3.08. The van der Waals surface area contributed by atoms with Crippen LogP contribution in [0.15, 0.2) is 22.6 Å². The van der Waals surface area contributed by atoms with Crippen LogP contribution in [0.25, 0.3) is 11.0 Å². The van der Waals surface area contributed by atoms with Gasteiger partial charge in [0.05, 0.1) is 0 Å². The summed E-state index contributed by atoms with van der Waals surface area (Å²) in [5, 5.41) is 1.20. The van der Waals surface area contributed by atoms with Crippen molar-refractivity contribution in [1.82, 2.24) is 0 Å². The van der Waals surface area contributed by atoms with Crippen LogP contribution in [0.1, 0.15) is 11.3 Å². The molecule has 0 saturated heterocycles. The van der Waals surface area contributed by atoms with Crippen molar-refractivity contribution < 1.29 is 4.42 Å². The number of benzene rings is 1. The van der Waals surface area contributed by atoms with Crippen LogP contribution in [0.3, 0.4) is 0 Å². The molecule has 0 bridgehead atoms. The number of halogens is 1. The Kier molecular flexibility index (Phi) is 1.87. The van der Waals surface area contributed by atoms with Crippen LogP contribution < -0.4 is 0 Å². The monoisotopic (exact) mass is 272 g/mol. The molecule has 1 heterocycles. The number of hydrogen-bond acceptors (Lipinski definition) is 1. The summed E-state index contributed by atoms with van der Waals surface area (Å²) in [7, 11) is 0. The van der Waals surface area contributed by atoms with Crippen molar-refractivity contribution in [3.63, 3.8) is 0 Å². The van der Waals surface area contributed by atoms with E-state index in [2.05, 4.69) is 47.7 Å². The first-order chi connectivity index (χ1) is 5.66. The standard InChI is InChI=1S/C10H9IO/c1-6-3-8-4-7(2)12-10(8)5-9(6)11/h3-5H,1-2H3. The number of aryl methyl sites for hydroxylation is 2. The van der Waals surface area contributed by atoms with Crippen molar-refractivity contribution in [1.29, 1.82) is 0 Å². The highest BCUT2D eigenvalue weighted by Gasteiger charge is 2.02. The summed E-state index contributed by atoms with van der Waals surface area (Å²) in [5.74, 6) is 0.978. The van der Waals surface area contributed by atoms with Crippen molar-refractivity contribution in [2.24, 2.45) is 0 Å². The molecule has 0 N–H and O–H groups in total. The van der Waals surface area contributed by atoms with E-state index >= 15 is 0 Å². The van der Waals surface area contributed by atoms with Crippen LogP contribution in [0, 0.1) is 17.4 Å². The minimum Gasteiger partial charge on any atom is -0.461 e. The fourth-order valence-corrected chi connectivity index (χ4v) is 1.75. The summed E-state index contributed by atoms with van der Waals surface area (Å²) in [6.45, 7) is 4.09. The zero-order valence-electron chi connectivity index (χ0n) is 7.02. The molecular weight excluding hydrogens is 263 g/mol. The molecule has 0 spiro atoms. The van der Waals surface area contributed by atoms with Gasteiger partial charge in [-0.25, -0.2) is 0 Å². The second-order valence-electron chi connectivity index (χ2n) is 3.00. The van der Waals surface area contributed by atoms with Gasteiger partial charge >= 0.3 is 0 Å². The second kappa shape index (κ2) is 2.76. The third-order valence-electron chi connectivity index (χ3n) is 1.92. The highest BCUT2D eigenvalue weighted by molar-refractivity contribution is 14.1. The summed E-state index contributed by atoms with van der Waals surface area (Å²) < 4.78 is 6.76. The van der Waals surface area contributed by atoms with E-state index in [1.807, 2.05) is 6.92 Å². The van der Waals surface area contributed by atoms with Crippen molar-refractivity contribution >= 4 is 33.6 Å². The third kappa shape index (κ3) is 1.24. The summed E-state index contributed by atoms with van der Waals surface area (Å²) in [6, 6.07) is 6.31. The maximum absolute atomic E-state index is 5.50. The van der Waals surface area contributed by atoms with Crippen molar-refractivity contribution in [2.45, 2.75) is 13.8 Å². The first-order valence-electron chi connectivity index (χ1n) is 3.83. The first kappa shape index (κ1) is 8.10. The SMILES string of the molecule is Cc1cc2cc(C)c(I)cc2o1. The van der Waals surface area contributed by atoms with Gasteiger partial charge in [0.1, 0.15) is 11.3 Å². The summed E-state index contributed by atoms with van der Waals surface area (Å²) in [4.78, 5) is 0. The maximum Gasteiger partial charge on any atom is 0.135 e. The lowest BCUT2D eigenvalue weighted by atomic mass is 10.2. The van der Waals surface area contributed by atoms with Crippen LogP contribution in [0.2, 0.25) is 0 Å². The first-order valence-corrected chi connectivity index (χ1v) is 4.91. The van der Waals surface area contributed by atoms with Gasteiger partial charge in [-0.3, -0.25) is 0 Å². The molecule has 0 fully saturated rings. The lowest BCUT2D eigenvalue weighted by Crippen LogP contribution is -1.77. The number of furan rings is 1. The van der Waals surface area contributed by atoms with E-state index in [0.717, 1.165) is 11.3 Å². The summed E-state index contributed by atoms with van der Waals surface area (Å²) in [5.41, 5.74) is 2.30. The van der Waals surface area contributed by atoms with E-state index < -0.39 is 0 Å². The molecule has 1 aromatic heterocycles. The summed E-state index contributed by atoms with van der Waals surface area (Å²) >= 11 is 2.32. The molecule has 0 amide bonds. The van der Waals surface area contributed by atoms with Gasteiger partial charge < -0.3 is 4.42 Å². The van der Waals surface area contributed by atoms with Crippen LogP contribution in [-0.2, 0) is 0 Å². The van der Waals surface area contributed by atoms with Crippen LogP contribution in [0.4, 0.5) is 0 Å². The molecule has 0 aliphatic heterocycles. The summed E-state index contributed by atoms with van der Waals surface area (Å²) in [6.07, 6.45) is 0. The molecule has 0 aliphatic carbocycles. The Balaban J connectivity index is 2.83. The molecule has 12 heavy (non-hydrogen) atoms. The topological polar surface area (TPSA) is 13.1 Å². The molecule has 0 atom stereocenters. The number of hydrogen-bond donors (Lipinski definition) is 0. The molecule has 1 aromatic carbocycles. The van der Waals surface area contributed by atoms with Gasteiger partial charge in [-0.05, 0) is 60.2 Å². The predicted octanol–water partition coefficient (Wildman–Crippen LogP) is 3.65. The molecule has 0 unspecified atom stereocenters. The van der Waals surface area contributed by atoms with Gasteiger partial charge in [0.2, 0.25) is 0 Å². The Bertz CT molecular complexity index is 390. The van der Waals surface area contributed by atoms with E-state index in [4.69, 9.17) is 4.42 Å². The smallest absolute Gasteiger partial charge is 0.135 e. The highest BCUT2D eigenvalue weighted by atomic mass is 127. The quantitative estimate of drug-likeness (QED) is 0.667. The van der Waals surface area contributed by atoms with E-state index in [1.165, 1.54) is 14.5 Å². The Morgan fingerprint density at radius 1 is 1.17 bits per heavy atom. The zero-order chi connectivity index (χ0) is 8.72. The molecule has 0 saturated carbocycles. The Labute approximate surface area is 84.9 Å². The highest BCUT2D eigenvalue weighted by Crippen LogP contribution is 2.23. The Morgan fingerprint density at radius 3 is 2.67 bits per heavy atom. The normalized spacial score (nSPS) is 10.9. The van der Waals surface area contributed by atoms with E-state index in [1.54, 1.807) is 0 Å².